The summed E-state index contributed by atoms with van der Waals surface area (Å²) >= 11 is 1.72. The lowest BCUT2D eigenvalue weighted by Gasteiger charge is -2.34. The summed E-state index contributed by atoms with van der Waals surface area (Å²) < 4.78 is 1.21. The Kier molecular flexibility index (Phi) is 6.80. The average molecular weight is 414 g/mol. The van der Waals surface area contributed by atoms with Crippen LogP contribution >= 0.6 is 11.3 Å². The molecule has 3 heterocycles. The van der Waals surface area contributed by atoms with Crippen LogP contribution in [0.15, 0.2) is 24.3 Å². The second kappa shape index (κ2) is 9.70. The molecule has 1 aromatic carbocycles. The molecule has 5 nitrogen and oxygen atoms in total. The van der Waals surface area contributed by atoms with E-state index < -0.39 is 0 Å². The van der Waals surface area contributed by atoms with Gasteiger partial charge in [0, 0.05) is 38.5 Å². The highest BCUT2D eigenvalue weighted by atomic mass is 32.1. The Bertz CT molecular complexity index is 801. The Hall–Kier alpha value is -1.95. The van der Waals surface area contributed by atoms with Gasteiger partial charge in [0.1, 0.15) is 0 Å². The number of carbonyl (C=O) groups is 2. The number of aromatic nitrogens is 1. The number of hydrogen-bond donors (Lipinski definition) is 0. The molecule has 2 amide bonds. The van der Waals surface area contributed by atoms with E-state index in [1.54, 1.807) is 11.3 Å². The van der Waals surface area contributed by atoms with E-state index in [0.717, 1.165) is 75.2 Å². The van der Waals surface area contributed by atoms with Gasteiger partial charge in [0.25, 0.3) is 0 Å². The zero-order chi connectivity index (χ0) is 20.1. The van der Waals surface area contributed by atoms with Crippen LogP contribution in [0, 0.1) is 5.92 Å². The highest BCUT2D eigenvalue weighted by Crippen LogP contribution is 2.24. The van der Waals surface area contributed by atoms with Gasteiger partial charge in [-0.15, -0.1) is 11.3 Å². The predicted octanol–water partition coefficient (Wildman–Crippen LogP) is 4.26. The second-order valence-electron chi connectivity index (χ2n) is 8.32. The molecule has 0 radical (unpaired) electrons. The fourth-order valence-corrected chi connectivity index (χ4v) is 5.51. The first-order valence-corrected chi connectivity index (χ1v) is 11.9. The third-order valence-electron chi connectivity index (χ3n) is 6.23. The van der Waals surface area contributed by atoms with E-state index in [1.807, 2.05) is 23.1 Å². The number of aryl methyl sites for hydroxylation is 1. The van der Waals surface area contributed by atoms with Gasteiger partial charge in [0.2, 0.25) is 11.8 Å². The van der Waals surface area contributed by atoms with Crippen molar-refractivity contribution < 1.29 is 9.59 Å². The van der Waals surface area contributed by atoms with Crippen molar-refractivity contribution in [3.8, 4) is 0 Å². The molecule has 2 saturated heterocycles. The first kappa shape index (κ1) is 20.3. The van der Waals surface area contributed by atoms with Gasteiger partial charge >= 0.3 is 0 Å². The van der Waals surface area contributed by atoms with Gasteiger partial charge in [0.15, 0.2) is 0 Å². The van der Waals surface area contributed by atoms with E-state index in [4.69, 9.17) is 0 Å². The molecular weight excluding hydrogens is 382 g/mol. The van der Waals surface area contributed by atoms with E-state index in [-0.39, 0.29) is 11.8 Å². The molecular formula is C23H31N3O2S. The molecule has 0 atom stereocenters. The lowest BCUT2D eigenvalue weighted by molar-refractivity contribution is -0.140. The zero-order valence-corrected chi connectivity index (χ0v) is 18.0. The van der Waals surface area contributed by atoms with Gasteiger partial charge in [-0.2, -0.15) is 0 Å². The van der Waals surface area contributed by atoms with Crippen LogP contribution in [0.5, 0.6) is 0 Å². The summed E-state index contributed by atoms with van der Waals surface area (Å²) in [6.07, 6.45) is 8.66. The number of thiazole rings is 1. The number of fused-ring (bicyclic) bond motifs is 1. The maximum atomic E-state index is 12.8. The molecule has 4 rings (SSSR count). The number of benzene rings is 1. The fourth-order valence-electron chi connectivity index (χ4n) is 4.50. The molecule has 0 unspecified atom stereocenters. The molecule has 29 heavy (non-hydrogen) atoms. The maximum Gasteiger partial charge on any atom is 0.225 e. The van der Waals surface area contributed by atoms with E-state index in [1.165, 1.54) is 17.5 Å². The van der Waals surface area contributed by atoms with E-state index in [2.05, 4.69) is 16.0 Å². The molecule has 156 valence electrons. The van der Waals surface area contributed by atoms with Crippen molar-refractivity contribution in [3.05, 3.63) is 29.3 Å². The Labute approximate surface area is 177 Å². The smallest absolute Gasteiger partial charge is 0.225 e. The summed E-state index contributed by atoms with van der Waals surface area (Å²) in [4.78, 5) is 34.1. The van der Waals surface area contributed by atoms with Gasteiger partial charge in [0.05, 0.1) is 15.2 Å². The first-order valence-electron chi connectivity index (χ1n) is 11.1. The molecule has 2 aliphatic rings. The summed E-state index contributed by atoms with van der Waals surface area (Å²) in [5.41, 5.74) is 1.05. The third-order valence-corrected chi connectivity index (χ3v) is 7.33. The maximum absolute atomic E-state index is 12.8. The van der Waals surface area contributed by atoms with Gasteiger partial charge in [-0.05, 0) is 50.7 Å². The standard InChI is InChI=1S/C23H31N3O2S/c27-22(11-7-10-21-24-19-8-3-4-9-20(19)29-21)25-16-12-18(13-17-25)23(28)26-14-5-1-2-6-15-26/h3-4,8-9,18H,1-2,5-7,10-17H2. The van der Waals surface area contributed by atoms with Gasteiger partial charge in [-0.25, -0.2) is 4.98 Å². The molecule has 0 spiro atoms. The molecule has 0 bridgehead atoms. The van der Waals surface area contributed by atoms with Crippen molar-refractivity contribution in [1.29, 1.82) is 0 Å². The van der Waals surface area contributed by atoms with Crippen LogP contribution in [0.2, 0.25) is 0 Å². The lowest BCUT2D eigenvalue weighted by atomic mass is 9.94. The molecule has 0 N–H and O–H groups in total. The largest absolute Gasteiger partial charge is 0.343 e. The van der Waals surface area contributed by atoms with Crippen molar-refractivity contribution in [2.75, 3.05) is 26.2 Å². The highest BCUT2D eigenvalue weighted by molar-refractivity contribution is 7.18. The fraction of sp³-hybridized carbons (Fsp3) is 0.609. The summed E-state index contributed by atoms with van der Waals surface area (Å²) in [5, 5.41) is 1.11. The minimum absolute atomic E-state index is 0.111. The minimum atomic E-state index is 0.111. The summed E-state index contributed by atoms with van der Waals surface area (Å²) in [6, 6.07) is 8.18. The summed E-state index contributed by atoms with van der Waals surface area (Å²) in [6.45, 7) is 3.29. The highest BCUT2D eigenvalue weighted by Gasteiger charge is 2.30. The molecule has 2 aromatic rings. The van der Waals surface area contributed by atoms with Gasteiger partial charge < -0.3 is 9.80 Å². The number of rotatable bonds is 5. The van der Waals surface area contributed by atoms with Crippen molar-refractivity contribution in [1.82, 2.24) is 14.8 Å². The number of likely N-dealkylation sites (tertiary alicyclic amines) is 2. The van der Waals surface area contributed by atoms with E-state index in [9.17, 15) is 9.59 Å². The van der Waals surface area contributed by atoms with Crippen molar-refractivity contribution >= 4 is 33.4 Å². The minimum Gasteiger partial charge on any atom is -0.343 e. The lowest BCUT2D eigenvalue weighted by Crippen LogP contribution is -2.44. The van der Waals surface area contributed by atoms with Crippen LogP contribution in [-0.2, 0) is 16.0 Å². The quantitative estimate of drug-likeness (QED) is 0.736. The van der Waals surface area contributed by atoms with E-state index >= 15 is 0 Å². The molecule has 2 aliphatic heterocycles. The van der Waals surface area contributed by atoms with Crippen molar-refractivity contribution in [3.63, 3.8) is 0 Å². The summed E-state index contributed by atoms with van der Waals surface area (Å²) in [5.74, 6) is 0.668. The monoisotopic (exact) mass is 413 g/mol. The predicted molar refractivity (Wildman–Crippen MR) is 117 cm³/mol. The molecule has 0 saturated carbocycles. The third kappa shape index (κ3) is 5.16. The molecule has 6 heteroatoms. The zero-order valence-electron chi connectivity index (χ0n) is 17.1. The molecule has 2 fully saturated rings. The van der Waals surface area contributed by atoms with Crippen molar-refractivity contribution in [2.45, 2.75) is 57.8 Å². The molecule has 1 aromatic heterocycles. The number of nitrogens with zero attached hydrogens (tertiary/aromatic N) is 3. The normalized spacial score (nSPS) is 18.8. The van der Waals surface area contributed by atoms with Crippen LogP contribution in [-0.4, -0.2) is 52.8 Å². The number of amides is 2. The molecule has 0 aliphatic carbocycles. The van der Waals surface area contributed by atoms with E-state index in [0.29, 0.717) is 12.3 Å². The average Bonchev–Trinajstić information content (AvgIpc) is 2.97. The number of hydrogen-bond acceptors (Lipinski definition) is 4. The number of piperidine rings is 1. The Morgan fingerprint density at radius 1 is 0.966 bits per heavy atom. The SMILES string of the molecule is O=C(CCCc1nc2ccccc2s1)N1CCC(C(=O)N2CCCCCC2)CC1. The Morgan fingerprint density at radius 3 is 2.41 bits per heavy atom. The van der Waals surface area contributed by atoms with Crippen molar-refractivity contribution in [2.24, 2.45) is 5.92 Å². The first-order chi connectivity index (χ1) is 14.2. The van der Waals surface area contributed by atoms with Crippen LogP contribution in [0.3, 0.4) is 0 Å². The number of para-hydroxylation sites is 1. The van der Waals surface area contributed by atoms with Crippen LogP contribution in [0.25, 0.3) is 10.2 Å². The van der Waals surface area contributed by atoms with Crippen LogP contribution in [0.1, 0.15) is 56.4 Å². The topological polar surface area (TPSA) is 53.5 Å². The summed E-state index contributed by atoms with van der Waals surface area (Å²) in [7, 11) is 0. The van der Waals surface area contributed by atoms with Crippen LogP contribution in [0.4, 0.5) is 0 Å². The van der Waals surface area contributed by atoms with Gasteiger partial charge in [-0.3, -0.25) is 9.59 Å². The Balaban J connectivity index is 1.20. The van der Waals surface area contributed by atoms with Crippen LogP contribution < -0.4 is 0 Å². The van der Waals surface area contributed by atoms with Gasteiger partial charge in [-0.1, -0.05) is 25.0 Å². The second-order valence-corrected chi connectivity index (χ2v) is 9.44. The Morgan fingerprint density at radius 2 is 1.69 bits per heavy atom. The number of carbonyl (C=O) groups excluding carboxylic acids is 2.